The van der Waals surface area contributed by atoms with Crippen molar-refractivity contribution in [1.82, 2.24) is 0 Å². The van der Waals surface area contributed by atoms with Crippen LogP contribution in [0.2, 0.25) is 0 Å². The second-order valence-electron chi connectivity index (χ2n) is 0. The second kappa shape index (κ2) is 369. The Labute approximate surface area is 180 Å². The maximum atomic E-state index is 0. The molecule has 0 spiro atoms. The van der Waals surface area contributed by atoms with Gasteiger partial charge in [-0.1, -0.05) is 0 Å². The molecule has 0 aromatic heterocycles. The molecule has 0 fully saturated rings. The van der Waals surface area contributed by atoms with Crippen LogP contribution in [0.25, 0.3) is 0 Å². The molecule has 0 rings (SSSR count). The van der Waals surface area contributed by atoms with Crippen LogP contribution in [0, 0.1) is 121 Å². The van der Waals surface area contributed by atoms with Crippen molar-refractivity contribution in [3.05, 3.63) is 0 Å². The fraction of sp³-hybridized carbons (Fsp3) is 0. The third kappa shape index (κ3) is 326. The third-order valence-electron chi connectivity index (χ3n) is 0. The average molecular weight is 1140 g/mol. The zero-order chi connectivity index (χ0) is 0. The summed E-state index contributed by atoms with van der Waals surface area (Å²) in [5.41, 5.74) is 0. The zero-order valence-corrected chi connectivity index (χ0v) is 21.4. The Morgan fingerprint density at radius 2 is 0.267 bits per heavy atom. The van der Waals surface area contributed by atoms with Crippen molar-refractivity contribution in [3.8, 4) is 0 Å². The second-order valence-corrected chi connectivity index (χ2v) is 0. The third-order valence-corrected chi connectivity index (χ3v) is 0. The quantitative estimate of drug-likeness (QED) is 0.280. The van der Waals surface area contributed by atoms with Gasteiger partial charge in [-0.25, -0.2) is 0 Å². The number of hydrogen-bond acceptors (Lipinski definition) is 0. The molecule has 108 valence electrons. The molecule has 0 aliphatic heterocycles. The molecule has 0 aromatic carbocycles. The first-order valence-electron chi connectivity index (χ1n) is 0. The molecule has 0 aliphatic carbocycles. The summed E-state index contributed by atoms with van der Waals surface area (Å²) in [5.74, 6) is 0. The number of rotatable bonds is 0. The molecular formula is H2O11Pu2U2-20. The fourth-order valence-electron chi connectivity index (χ4n) is 0. The predicted octanol–water partition coefficient (Wildman–Crippen LogP) is -1.08. The Balaban J connectivity index is 0. The number of hydrogen-bond donors (Lipinski definition) is 0. The van der Waals surface area contributed by atoms with Gasteiger partial charge in [-0.15, -0.1) is 0 Å². The van der Waals surface area contributed by atoms with Crippen LogP contribution in [-0.2, 0) is 60.2 Å². The molecular weight excluding hydrogens is 1140 g/mol. The first-order chi connectivity index (χ1) is 0. The molecule has 0 heterocycles. The molecule has 0 aromatic rings. The van der Waals surface area contributed by atoms with Gasteiger partial charge < -0.3 is 60.2 Å². The summed E-state index contributed by atoms with van der Waals surface area (Å²) in [4.78, 5) is 0. The van der Waals surface area contributed by atoms with Gasteiger partial charge in [0.15, 0.2) is 0 Å². The Kier molecular flexibility index (Phi) is 10800. The van der Waals surface area contributed by atoms with E-state index in [0.717, 1.165) is 0 Å². The van der Waals surface area contributed by atoms with Gasteiger partial charge in [0.1, 0.15) is 0 Å². The molecule has 0 aliphatic rings. The summed E-state index contributed by atoms with van der Waals surface area (Å²) in [5, 5.41) is 0. The Hall–Kier alpha value is 3.64. The van der Waals surface area contributed by atoms with E-state index in [9.17, 15) is 0 Å². The van der Waals surface area contributed by atoms with Crippen LogP contribution in [0.15, 0.2) is 0 Å². The van der Waals surface area contributed by atoms with Crippen LogP contribution in [0.1, 0.15) is 2.85 Å². The monoisotopic (exact) mass is 1130 g/mol. The Morgan fingerprint density at radius 3 is 0.267 bits per heavy atom. The summed E-state index contributed by atoms with van der Waals surface area (Å²) < 4.78 is 0. The van der Waals surface area contributed by atoms with Crippen molar-refractivity contribution in [2.45, 2.75) is 0 Å². The predicted molar refractivity (Wildman–Crippen MR) is 9.78 cm³/mol. The van der Waals surface area contributed by atoms with E-state index in [0.29, 0.717) is 0 Å². The van der Waals surface area contributed by atoms with E-state index in [1.54, 1.807) is 0 Å². The Bertz CT molecular complexity index is 25.4. The van der Waals surface area contributed by atoms with Crippen molar-refractivity contribution >= 4 is 0 Å². The Morgan fingerprint density at radius 1 is 0.267 bits per heavy atom. The molecule has 15 heavy (non-hydrogen) atoms. The van der Waals surface area contributed by atoms with Crippen molar-refractivity contribution in [3.63, 3.8) is 0 Å². The van der Waals surface area contributed by atoms with Gasteiger partial charge in [0.25, 0.3) is 0 Å². The van der Waals surface area contributed by atoms with Crippen molar-refractivity contribution in [1.29, 1.82) is 0 Å². The summed E-state index contributed by atoms with van der Waals surface area (Å²) in [6, 6.07) is 0. The molecule has 11 nitrogen and oxygen atoms in total. The van der Waals surface area contributed by atoms with Gasteiger partial charge in [-0.05, 0) is 0 Å². The standard InChI is InChI=1S/11O.2Pu.2U/q11*-2;;;;/p+2/i/hD2. The topological polar surface area (TPSA) is 314 Å². The minimum Gasteiger partial charge on any atom is -2.00 e. The van der Waals surface area contributed by atoms with Crippen molar-refractivity contribution in [2.24, 2.45) is 0 Å². The molecule has 0 amide bonds. The van der Waals surface area contributed by atoms with Crippen LogP contribution in [0.4, 0.5) is 0 Å². The van der Waals surface area contributed by atoms with E-state index in [4.69, 9.17) is 0 Å². The maximum Gasteiger partial charge on any atom is 1.00 e. The molecule has 0 radical (unpaired) electrons. The SMILES string of the molecule is [2H+].[2H+].[O-2].[O-2].[O-2].[O-2].[O-2].[O-2].[O-2].[O-2].[O-2].[O-2].[O-2].[Pu].[Pu].[U].[U]. The van der Waals surface area contributed by atoms with Crippen LogP contribution < -0.4 is 0 Å². The van der Waals surface area contributed by atoms with Crippen LogP contribution in [-0.4, -0.2) is 0 Å². The summed E-state index contributed by atoms with van der Waals surface area (Å²) in [6.07, 6.45) is 0. The van der Waals surface area contributed by atoms with E-state index >= 15 is 0 Å². The van der Waals surface area contributed by atoms with Gasteiger partial charge in [0.05, 0.1) is 0 Å². The van der Waals surface area contributed by atoms with Crippen molar-refractivity contribution < 1.29 is 184 Å². The largest absolute Gasteiger partial charge is 2.00 e. The molecule has 0 saturated carbocycles. The van der Waals surface area contributed by atoms with Gasteiger partial charge in [0.2, 0.25) is 0 Å². The van der Waals surface area contributed by atoms with E-state index in [2.05, 4.69) is 0 Å². The normalized spacial score (nSPS) is 0. The van der Waals surface area contributed by atoms with E-state index < -0.39 is 0 Å². The molecule has 0 bridgehead atoms. The van der Waals surface area contributed by atoms with E-state index in [-0.39, 0.29) is 184 Å². The molecule has 0 unspecified atom stereocenters. The minimum atomic E-state index is 0. The molecule has 0 saturated heterocycles. The van der Waals surface area contributed by atoms with Gasteiger partial charge in [-0.3, -0.25) is 0 Å². The summed E-state index contributed by atoms with van der Waals surface area (Å²) >= 11 is 0. The summed E-state index contributed by atoms with van der Waals surface area (Å²) in [6.45, 7) is 0. The van der Waals surface area contributed by atoms with Gasteiger partial charge >= 0.3 is 2.85 Å². The molecule has 0 N–H and O–H groups in total. The first-order valence-corrected chi connectivity index (χ1v) is 0. The van der Waals surface area contributed by atoms with Crippen molar-refractivity contribution in [2.75, 3.05) is 0 Å². The smallest absolute Gasteiger partial charge is 1.00 e. The minimum absolute atomic E-state index is 0. The fourth-order valence-corrected chi connectivity index (χ4v) is 0. The van der Waals surface area contributed by atoms with E-state index in [1.165, 1.54) is 0 Å². The average Bonchev–Trinajstić information content (AvgIpc) is 0. The van der Waals surface area contributed by atoms with Crippen LogP contribution >= 0.6 is 0 Å². The van der Waals surface area contributed by atoms with Crippen LogP contribution in [0.5, 0.6) is 0 Å². The van der Waals surface area contributed by atoms with Crippen LogP contribution in [0.3, 0.4) is 0 Å². The maximum absolute atomic E-state index is 0. The van der Waals surface area contributed by atoms with E-state index in [1.807, 2.05) is 0 Å². The molecule has 0 atom stereocenters. The van der Waals surface area contributed by atoms with Gasteiger partial charge in [0, 0.05) is 121 Å². The molecule has 15 heteroatoms. The first kappa shape index (κ1) is 438. The van der Waals surface area contributed by atoms with Gasteiger partial charge in [-0.2, -0.15) is 0 Å². The zero-order valence-electron chi connectivity index (χ0n) is 8.31. The summed E-state index contributed by atoms with van der Waals surface area (Å²) in [7, 11) is 0.